The predicted molar refractivity (Wildman–Crippen MR) is 53.6 cm³/mol. The Balaban J connectivity index is 1.98. The molecule has 2 rings (SSSR count). The second-order valence-electron chi connectivity index (χ2n) is 3.24. The number of aromatic nitrogens is 4. The van der Waals surface area contributed by atoms with E-state index in [1.807, 2.05) is 28.7 Å². The van der Waals surface area contributed by atoms with Crippen LogP contribution in [-0.2, 0) is 20.0 Å². The highest BCUT2D eigenvalue weighted by atomic mass is 15.3. The van der Waals surface area contributed by atoms with E-state index >= 15 is 0 Å². The molecular formula is C9H13N5. The SMILES string of the molecule is Cn1ccnc1CCn1cc(N)cn1. The maximum atomic E-state index is 5.55. The molecule has 0 radical (unpaired) electrons. The van der Waals surface area contributed by atoms with Crippen LogP contribution in [-0.4, -0.2) is 19.3 Å². The van der Waals surface area contributed by atoms with Crippen molar-refractivity contribution in [2.45, 2.75) is 13.0 Å². The Labute approximate surface area is 82.2 Å². The third-order valence-corrected chi connectivity index (χ3v) is 2.14. The lowest BCUT2D eigenvalue weighted by atomic mass is 10.4. The summed E-state index contributed by atoms with van der Waals surface area (Å²) in [6.45, 7) is 0.808. The van der Waals surface area contributed by atoms with Gasteiger partial charge in [0.15, 0.2) is 0 Å². The minimum Gasteiger partial charge on any atom is -0.396 e. The maximum Gasteiger partial charge on any atom is 0.110 e. The first kappa shape index (κ1) is 8.80. The molecule has 2 N–H and O–H groups in total. The van der Waals surface area contributed by atoms with Crippen LogP contribution in [0.2, 0.25) is 0 Å². The van der Waals surface area contributed by atoms with Gasteiger partial charge in [0.2, 0.25) is 0 Å². The predicted octanol–water partition coefficient (Wildman–Crippen LogP) is 0.441. The lowest BCUT2D eigenvalue weighted by Gasteiger charge is -2.01. The second-order valence-corrected chi connectivity index (χ2v) is 3.24. The topological polar surface area (TPSA) is 61.7 Å². The normalized spacial score (nSPS) is 10.6. The average Bonchev–Trinajstić information content (AvgIpc) is 2.72. The standard InChI is InChI=1S/C9H13N5/c1-13-5-3-11-9(13)2-4-14-7-8(10)6-12-14/h3,5-7H,2,4,10H2,1H3. The average molecular weight is 191 g/mol. The summed E-state index contributed by atoms with van der Waals surface area (Å²) in [6.07, 6.45) is 8.07. The maximum absolute atomic E-state index is 5.55. The van der Waals surface area contributed by atoms with Crippen molar-refractivity contribution in [1.29, 1.82) is 0 Å². The molecule has 0 fully saturated rings. The molecule has 0 unspecified atom stereocenters. The fraction of sp³-hybridized carbons (Fsp3) is 0.333. The summed E-state index contributed by atoms with van der Waals surface area (Å²) < 4.78 is 3.83. The Morgan fingerprint density at radius 3 is 2.93 bits per heavy atom. The Hall–Kier alpha value is -1.78. The number of nitrogen functional groups attached to an aromatic ring is 1. The van der Waals surface area contributed by atoms with Crippen molar-refractivity contribution in [3.05, 3.63) is 30.6 Å². The molecule has 0 saturated carbocycles. The van der Waals surface area contributed by atoms with Crippen molar-refractivity contribution in [3.8, 4) is 0 Å². The first-order chi connectivity index (χ1) is 6.75. The highest BCUT2D eigenvalue weighted by Gasteiger charge is 2.00. The van der Waals surface area contributed by atoms with Crippen LogP contribution in [0.1, 0.15) is 5.82 Å². The van der Waals surface area contributed by atoms with Crippen molar-refractivity contribution >= 4 is 5.69 Å². The Morgan fingerprint density at radius 1 is 1.50 bits per heavy atom. The molecule has 74 valence electrons. The smallest absolute Gasteiger partial charge is 0.110 e. The quantitative estimate of drug-likeness (QED) is 0.765. The van der Waals surface area contributed by atoms with Crippen molar-refractivity contribution < 1.29 is 0 Å². The van der Waals surface area contributed by atoms with Gasteiger partial charge in [0, 0.05) is 38.6 Å². The Morgan fingerprint density at radius 2 is 2.36 bits per heavy atom. The summed E-state index contributed by atoms with van der Waals surface area (Å²) >= 11 is 0. The zero-order chi connectivity index (χ0) is 9.97. The van der Waals surface area contributed by atoms with E-state index in [1.54, 1.807) is 12.4 Å². The minimum absolute atomic E-state index is 0.699. The molecule has 5 nitrogen and oxygen atoms in total. The first-order valence-electron chi connectivity index (χ1n) is 4.50. The summed E-state index contributed by atoms with van der Waals surface area (Å²) in [5, 5.41) is 4.10. The lowest BCUT2D eigenvalue weighted by Crippen LogP contribution is -2.05. The van der Waals surface area contributed by atoms with Crippen LogP contribution in [0.25, 0.3) is 0 Å². The summed E-state index contributed by atoms with van der Waals surface area (Å²) in [4.78, 5) is 4.23. The van der Waals surface area contributed by atoms with Gasteiger partial charge < -0.3 is 10.3 Å². The fourth-order valence-electron chi connectivity index (χ4n) is 1.35. The van der Waals surface area contributed by atoms with Crippen LogP contribution in [0.5, 0.6) is 0 Å². The van der Waals surface area contributed by atoms with Crippen LogP contribution in [0.4, 0.5) is 5.69 Å². The summed E-state index contributed by atoms with van der Waals surface area (Å²) in [7, 11) is 1.99. The van der Waals surface area contributed by atoms with Gasteiger partial charge in [-0.3, -0.25) is 4.68 Å². The molecule has 2 aromatic heterocycles. The van der Waals surface area contributed by atoms with E-state index in [0.717, 1.165) is 18.8 Å². The van der Waals surface area contributed by atoms with E-state index in [-0.39, 0.29) is 0 Å². The molecule has 2 heterocycles. The van der Waals surface area contributed by atoms with E-state index < -0.39 is 0 Å². The number of nitrogens with zero attached hydrogens (tertiary/aromatic N) is 4. The molecule has 2 aromatic rings. The van der Waals surface area contributed by atoms with E-state index in [2.05, 4.69) is 10.1 Å². The molecule has 14 heavy (non-hydrogen) atoms. The zero-order valence-electron chi connectivity index (χ0n) is 8.09. The van der Waals surface area contributed by atoms with Gasteiger partial charge in [0.1, 0.15) is 5.82 Å². The van der Waals surface area contributed by atoms with Crippen LogP contribution in [0.3, 0.4) is 0 Å². The third kappa shape index (κ3) is 1.76. The van der Waals surface area contributed by atoms with Crippen LogP contribution < -0.4 is 5.73 Å². The second kappa shape index (κ2) is 3.53. The molecule has 0 aliphatic heterocycles. The highest BCUT2D eigenvalue weighted by Crippen LogP contribution is 2.01. The van der Waals surface area contributed by atoms with Gasteiger partial charge in [-0.25, -0.2) is 4.98 Å². The van der Waals surface area contributed by atoms with Crippen LogP contribution in [0.15, 0.2) is 24.8 Å². The van der Waals surface area contributed by atoms with Gasteiger partial charge in [-0.15, -0.1) is 0 Å². The molecule has 0 aromatic carbocycles. The number of anilines is 1. The van der Waals surface area contributed by atoms with E-state index in [1.165, 1.54) is 0 Å². The van der Waals surface area contributed by atoms with Crippen LogP contribution in [0, 0.1) is 0 Å². The number of hydrogen-bond donors (Lipinski definition) is 1. The van der Waals surface area contributed by atoms with E-state index in [0.29, 0.717) is 5.69 Å². The van der Waals surface area contributed by atoms with Crippen LogP contribution >= 0.6 is 0 Å². The number of rotatable bonds is 3. The van der Waals surface area contributed by atoms with Gasteiger partial charge in [-0.1, -0.05) is 0 Å². The van der Waals surface area contributed by atoms with Crippen molar-refractivity contribution in [3.63, 3.8) is 0 Å². The molecular weight excluding hydrogens is 178 g/mol. The summed E-state index contributed by atoms with van der Waals surface area (Å²) in [5.41, 5.74) is 6.25. The first-order valence-corrected chi connectivity index (χ1v) is 4.50. The Kier molecular flexibility index (Phi) is 2.22. The number of hydrogen-bond acceptors (Lipinski definition) is 3. The van der Waals surface area contributed by atoms with Crippen molar-refractivity contribution in [1.82, 2.24) is 19.3 Å². The lowest BCUT2D eigenvalue weighted by molar-refractivity contribution is 0.590. The molecule has 5 heteroatoms. The molecule has 0 saturated heterocycles. The molecule has 0 atom stereocenters. The molecule has 0 bridgehead atoms. The van der Waals surface area contributed by atoms with E-state index in [9.17, 15) is 0 Å². The van der Waals surface area contributed by atoms with Gasteiger partial charge in [-0.2, -0.15) is 5.10 Å². The molecule has 0 spiro atoms. The summed E-state index contributed by atoms with van der Waals surface area (Å²) in [5.74, 6) is 1.05. The van der Waals surface area contributed by atoms with Crippen molar-refractivity contribution in [2.75, 3.05) is 5.73 Å². The number of aryl methyl sites for hydroxylation is 3. The Bertz CT molecular complexity index is 414. The zero-order valence-corrected chi connectivity index (χ0v) is 8.09. The molecule has 0 aliphatic carbocycles. The largest absolute Gasteiger partial charge is 0.396 e. The third-order valence-electron chi connectivity index (χ3n) is 2.14. The number of nitrogens with two attached hydrogens (primary N) is 1. The van der Waals surface area contributed by atoms with Gasteiger partial charge in [0.05, 0.1) is 11.9 Å². The molecule has 0 amide bonds. The van der Waals surface area contributed by atoms with Gasteiger partial charge in [-0.05, 0) is 0 Å². The minimum atomic E-state index is 0.699. The number of imidazole rings is 1. The fourth-order valence-corrected chi connectivity index (χ4v) is 1.35. The van der Waals surface area contributed by atoms with E-state index in [4.69, 9.17) is 5.73 Å². The monoisotopic (exact) mass is 191 g/mol. The highest BCUT2D eigenvalue weighted by molar-refractivity contribution is 5.30. The summed E-state index contributed by atoms with van der Waals surface area (Å²) in [6, 6.07) is 0. The van der Waals surface area contributed by atoms with Gasteiger partial charge in [0.25, 0.3) is 0 Å². The molecule has 0 aliphatic rings. The van der Waals surface area contributed by atoms with Crippen molar-refractivity contribution in [2.24, 2.45) is 7.05 Å². The van der Waals surface area contributed by atoms with Gasteiger partial charge >= 0.3 is 0 Å².